The Kier molecular flexibility index (Phi) is 5.17. The number of nitrogens with zero attached hydrogens (tertiary/aromatic N) is 3. The third-order valence-electron chi connectivity index (χ3n) is 5.01. The molecule has 2 aliphatic rings. The molecule has 1 amide bonds. The van der Waals surface area contributed by atoms with Gasteiger partial charge in [-0.1, -0.05) is 6.07 Å². The molecule has 1 unspecified atom stereocenters. The van der Waals surface area contributed by atoms with E-state index in [4.69, 9.17) is 4.74 Å². The highest BCUT2D eigenvalue weighted by Gasteiger charge is 2.37. The van der Waals surface area contributed by atoms with Crippen LogP contribution < -0.4 is 5.32 Å². The number of hydrogen-bond acceptors (Lipinski definition) is 6. The summed E-state index contributed by atoms with van der Waals surface area (Å²) in [5, 5.41) is 3.50. The predicted molar refractivity (Wildman–Crippen MR) is 103 cm³/mol. The van der Waals surface area contributed by atoms with Crippen molar-refractivity contribution in [2.45, 2.75) is 18.9 Å². The summed E-state index contributed by atoms with van der Waals surface area (Å²) in [5.41, 5.74) is 0.726. The smallest absolute Gasteiger partial charge is 0.282 e. The van der Waals surface area contributed by atoms with Crippen LogP contribution in [0.1, 0.15) is 34.2 Å². The van der Waals surface area contributed by atoms with E-state index in [0.29, 0.717) is 31.1 Å². The summed E-state index contributed by atoms with van der Waals surface area (Å²) in [6.07, 6.45) is 2.98. The maximum absolute atomic E-state index is 12.9. The number of nitrogens with one attached hydrogen (secondary N) is 1. The van der Waals surface area contributed by atoms with Gasteiger partial charge < -0.3 is 10.1 Å². The van der Waals surface area contributed by atoms with Gasteiger partial charge in [-0.05, 0) is 18.9 Å². The first-order chi connectivity index (χ1) is 13.0. The van der Waals surface area contributed by atoms with Crippen molar-refractivity contribution in [2.24, 2.45) is 0 Å². The molecule has 0 spiro atoms. The fraction of sp³-hybridized carbons (Fsp3) is 0.529. The maximum atomic E-state index is 12.9. The highest BCUT2D eigenvalue weighted by Crippen LogP contribution is 2.38. The molecule has 0 saturated carbocycles. The third kappa shape index (κ3) is 3.36. The Morgan fingerprint density at radius 2 is 2.07 bits per heavy atom. The van der Waals surface area contributed by atoms with Crippen LogP contribution in [-0.4, -0.2) is 67.8 Å². The van der Waals surface area contributed by atoms with E-state index in [1.807, 2.05) is 12.1 Å². The number of rotatable bonds is 4. The first kappa shape index (κ1) is 18.8. The van der Waals surface area contributed by atoms with Crippen molar-refractivity contribution < 1.29 is 17.9 Å². The van der Waals surface area contributed by atoms with Gasteiger partial charge in [0.1, 0.15) is 9.71 Å². The topological polar surface area (TPSA) is 91.8 Å². The van der Waals surface area contributed by atoms with Gasteiger partial charge in [-0.25, -0.2) is 4.98 Å². The standard InChI is InChI=1S/C17H22N4O4S2/c1-18-16(22)15-14(12-5-4-6-19-17(12)26-15)13-11-21(9-10-25-13)27(23,24)20-7-2-3-8-20/h4-6,13H,2-3,7-11H2,1H3,(H,18,22). The SMILES string of the molecule is CNC(=O)c1sc2ncccc2c1C1CN(S(=O)(=O)N2CCCC2)CCO1. The van der Waals surface area contributed by atoms with E-state index in [0.717, 1.165) is 28.6 Å². The summed E-state index contributed by atoms with van der Waals surface area (Å²) in [6, 6.07) is 3.71. The van der Waals surface area contributed by atoms with Gasteiger partial charge in [-0.15, -0.1) is 11.3 Å². The lowest BCUT2D eigenvalue weighted by atomic mass is 10.0. The average molecular weight is 411 g/mol. The van der Waals surface area contributed by atoms with Gasteiger partial charge >= 0.3 is 0 Å². The van der Waals surface area contributed by atoms with Crippen molar-refractivity contribution in [3.8, 4) is 0 Å². The van der Waals surface area contributed by atoms with Gasteiger partial charge in [0.2, 0.25) is 0 Å². The number of fused-ring (bicyclic) bond motifs is 1. The third-order valence-corrected chi connectivity index (χ3v) is 8.14. The number of pyridine rings is 1. The number of carbonyl (C=O) groups is 1. The Morgan fingerprint density at radius 1 is 1.30 bits per heavy atom. The zero-order valence-electron chi connectivity index (χ0n) is 15.1. The lowest BCUT2D eigenvalue weighted by molar-refractivity contribution is -0.00347. The Labute approximate surface area is 162 Å². The molecule has 10 heteroatoms. The maximum Gasteiger partial charge on any atom is 0.282 e. The van der Waals surface area contributed by atoms with Crippen LogP contribution in [0.2, 0.25) is 0 Å². The molecule has 2 fully saturated rings. The minimum Gasteiger partial charge on any atom is -0.371 e. The quantitative estimate of drug-likeness (QED) is 0.822. The zero-order valence-corrected chi connectivity index (χ0v) is 16.7. The van der Waals surface area contributed by atoms with Crippen LogP contribution in [0.5, 0.6) is 0 Å². The van der Waals surface area contributed by atoms with Crippen LogP contribution in [0.15, 0.2) is 18.3 Å². The molecule has 2 aromatic rings. The average Bonchev–Trinajstić information content (AvgIpc) is 3.35. The molecule has 1 atom stereocenters. The number of thiophene rings is 1. The molecule has 1 N–H and O–H groups in total. The molecular formula is C17H22N4O4S2. The molecular weight excluding hydrogens is 388 g/mol. The summed E-state index contributed by atoms with van der Waals surface area (Å²) in [5.74, 6) is -0.212. The first-order valence-electron chi connectivity index (χ1n) is 8.98. The van der Waals surface area contributed by atoms with Crippen LogP contribution in [0.4, 0.5) is 0 Å². The summed E-state index contributed by atoms with van der Waals surface area (Å²) in [7, 11) is -1.92. The van der Waals surface area contributed by atoms with E-state index in [1.165, 1.54) is 15.6 Å². The number of carbonyl (C=O) groups excluding carboxylic acids is 1. The lowest BCUT2D eigenvalue weighted by Crippen LogP contribution is -2.48. The summed E-state index contributed by atoms with van der Waals surface area (Å²) < 4.78 is 34.9. The van der Waals surface area contributed by atoms with Crippen LogP contribution in [0.3, 0.4) is 0 Å². The minimum atomic E-state index is -3.50. The Hall–Kier alpha value is -1.59. The predicted octanol–water partition coefficient (Wildman–Crippen LogP) is 1.37. The molecule has 8 nitrogen and oxygen atoms in total. The molecule has 4 rings (SSSR count). The van der Waals surface area contributed by atoms with E-state index in [-0.39, 0.29) is 12.5 Å². The number of amides is 1. The zero-order chi connectivity index (χ0) is 19.0. The molecule has 2 saturated heterocycles. The summed E-state index contributed by atoms with van der Waals surface area (Å²) in [6.45, 7) is 1.95. The van der Waals surface area contributed by atoms with Gasteiger partial charge in [-0.3, -0.25) is 4.79 Å². The van der Waals surface area contributed by atoms with Gasteiger partial charge in [0, 0.05) is 50.4 Å². The van der Waals surface area contributed by atoms with Crippen LogP contribution in [0.25, 0.3) is 10.2 Å². The fourth-order valence-electron chi connectivity index (χ4n) is 3.64. The Bertz CT molecular complexity index is 953. The molecule has 0 aliphatic carbocycles. The van der Waals surface area contributed by atoms with Crippen LogP contribution in [-0.2, 0) is 14.9 Å². The summed E-state index contributed by atoms with van der Waals surface area (Å²) >= 11 is 1.30. The second-order valence-corrected chi connectivity index (χ2v) is 9.54. The first-order valence-corrected chi connectivity index (χ1v) is 11.2. The number of aromatic nitrogens is 1. The molecule has 27 heavy (non-hydrogen) atoms. The molecule has 0 bridgehead atoms. The van der Waals surface area contributed by atoms with E-state index < -0.39 is 16.3 Å². The van der Waals surface area contributed by atoms with Crippen molar-refractivity contribution >= 4 is 37.7 Å². The van der Waals surface area contributed by atoms with Crippen molar-refractivity contribution in [3.05, 3.63) is 28.8 Å². The van der Waals surface area contributed by atoms with Crippen molar-refractivity contribution in [1.82, 2.24) is 18.9 Å². The van der Waals surface area contributed by atoms with E-state index >= 15 is 0 Å². The van der Waals surface area contributed by atoms with Crippen molar-refractivity contribution in [2.75, 3.05) is 39.8 Å². The molecule has 2 aromatic heterocycles. The van der Waals surface area contributed by atoms with Crippen LogP contribution in [0, 0.1) is 0 Å². The molecule has 2 aliphatic heterocycles. The van der Waals surface area contributed by atoms with Gasteiger partial charge in [0.15, 0.2) is 0 Å². The van der Waals surface area contributed by atoms with Crippen molar-refractivity contribution in [3.63, 3.8) is 0 Å². The monoisotopic (exact) mass is 410 g/mol. The van der Waals surface area contributed by atoms with E-state index in [9.17, 15) is 13.2 Å². The largest absolute Gasteiger partial charge is 0.371 e. The van der Waals surface area contributed by atoms with Crippen LogP contribution >= 0.6 is 11.3 Å². The molecule has 0 aromatic carbocycles. The number of hydrogen-bond donors (Lipinski definition) is 1. The molecule has 0 radical (unpaired) electrons. The number of ether oxygens (including phenoxy) is 1. The molecule has 146 valence electrons. The summed E-state index contributed by atoms with van der Waals surface area (Å²) in [4.78, 5) is 18.0. The fourth-order valence-corrected chi connectivity index (χ4v) is 6.46. The van der Waals surface area contributed by atoms with E-state index in [2.05, 4.69) is 10.3 Å². The van der Waals surface area contributed by atoms with Gasteiger partial charge in [0.05, 0.1) is 12.7 Å². The Balaban J connectivity index is 1.70. The van der Waals surface area contributed by atoms with Gasteiger partial charge in [0.25, 0.3) is 16.1 Å². The van der Waals surface area contributed by atoms with E-state index in [1.54, 1.807) is 17.5 Å². The van der Waals surface area contributed by atoms with Crippen molar-refractivity contribution in [1.29, 1.82) is 0 Å². The highest BCUT2D eigenvalue weighted by molar-refractivity contribution is 7.86. The lowest BCUT2D eigenvalue weighted by Gasteiger charge is -2.34. The normalized spacial score (nSPS) is 22.3. The highest BCUT2D eigenvalue weighted by atomic mass is 32.2. The molecule has 4 heterocycles. The Morgan fingerprint density at radius 3 is 2.81 bits per heavy atom. The minimum absolute atomic E-state index is 0.198. The van der Waals surface area contributed by atoms with Gasteiger partial charge in [-0.2, -0.15) is 17.0 Å². The second-order valence-electron chi connectivity index (χ2n) is 6.61. The second kappa shape index (κ2) is 7.44. The number of morpholine rings is 1.